The van der Waals surface area contributed by atoms with Gasteiger partial charge in [-0.1, -0.05) is 36.1 Å². The van der Waals surface area contributed by atoms with Crippen LogP contribution in [-0.2, 0) is 4.74 Å². The van der Waals surface area contributed by atoms with Crippen molar-refractivity contribution >= 4 is 0 Å². The van der Waals surface area contributed by atoms with Crippen LogP contribution in [0.2, 0.25) is 0 Å². The van der Waals surface area contributed by atoms with Crippen LogP contribution < -0.4 is 0 Å². The maximum absolute atomic E-state index is 5.34. The zero-order valence-electron chi connectivity index (χ0n) is 8.91. The van der Waals surface area contributed by atoms with E-state index in [4.69, 9.17) is 4.74 Å². The molecule has 0 saturated carbocycles. The Labute approximate surface area is 91.8 Å². The van der Waals surface area contributed by atoms with Gasteiger partial charge < -0.3 is 4.74 Å². The predicted octanol–water partition coefficient (Wildman–Crippen LogP) is 3.02. The fourth-order valence-corrected chi connectivity index (χ4v) is 1.11. The first-order chi connectivity index (χ1) is 7.43. The summed E-state index contributed by atoms with van der Waals surface area (Å²) in [4.78, 5) is 0. The third kappa shape index (κ3) is 5.72. The first-order valence-electron chi connectivity index (χ1n) is 5.16. The second-order valence-corrected chi connectivity index (χ2v) is 3.15. The molecule has 1 heteroatoms. The van der Waals surface area contributed by atoms with E-state index in [1.54, 1.807) is 0 Å². The van der Waals surface area contributed by atoms with E-state index in [0.717, 1.165) is 25.0 Å². The van der Waals surface area contributed by atoms with Gasteiger partial charge in [0.1, 0.15) is 6.61 Å². The molecule has 0 unspecified atom stereocenters. The number of benzene rings is 1. The molecule has 0 aliphatic heterocycles. The van der Waals surface area contributed by atoms with Gasteiger partial charge in [0, 0.05) is 12.2 Å². The molecule has 0 amide bonds. The minimum absolute atomic E-state index is 0.506. The van der Waals surface area contributed by atoms with Crippen molar-refractivity contribution in [1.82, 2.24) is 0 Å². The summed E-state index contributed by atoms with van der Waals surface area (Å²) in [6.07, 6.45) is 3.93. The highest BCUT2D eigenvalue weighted by molar-refractivity contribution is 5.33. The number of hydrogen-bond donors (Lipinski definition) is 0. The molecule has 0 fully saturated rings. The van der Waals surface area contributed by atoms with E-state index in [1.165, 1.54) is 0 Å². The molecule has 78 valence electrons. The third-order valence-electron chi connectivity index (χ3n) is 1.88. The minimum Gasteiger partial charge on any atom is -0.369 e. The summed E-state index contributed by atoms with van der Waals surface area (Å²) < 4.78 is 5.34. The Bertz CT molecular complexity index is 329. The number of rotatable bonds is 5. The summed E-state index contributed by atoms with van der Waals surface area (Å²) in [6.45, 7) is 4.92. The molecule has 0 saturated heterocycles. The normalized spacial score (nSPS) is 9.07. The van der Waals surface area contributed by atoms with Crippen molar-refractivity contribution in [3.63, 3.8) is 0 Å². The summed E-state index contributed by atoms with van der Waals surface area (Å²) in [7, 11) is 0. The van der Waals surface area contributed by atoms with Crippen molar-refractivity contribution in [2.45, 2.75) is 12.8 Å². The fraction of sp³-hybridized carbons (Fsp3) is 0.286. The molecule has 0 aliphatic rings. The van der Waals surface area contributed by atoms with Gasteiger partial charge >= 0.3 is 0 Å². The number of ether oxygens (including phenoxy) is 1. The van der Waals surface area contributed by atoms with Crippen LogP contribution in [-0.4, -0.2) is 13.2 Å². The molecule has 0 bridgehead atoms. The van der Waals surface area contributed by atoms with Crippen LogP contribution in [0.25, 0.3) is 0 Å². The molecule has 0 aromatic heterocycles. The highest BCUT2D eigenvalue weighted by atomic mass is 16.5. The van der Waals surface area contributed by atoms with E-state index in [-0.39, 0.29) is 0 Å². The maximum atomic E-state index is 5.34. The highest BCUT2D eigenvalue weighted by Gasteiger charge is 1.84. The maximum Gasteiger partial charge on any atom is 0.108 e. The average Bonchev–Trinajstić information content (AvgIpc) is 2.29. The largest absolute Gasteiger partial charge is 0.369 e. The van der Waals surface area contributed by atoms with E-state index in [1.807, 2.05) is 36.4 Å². The third-order valence-corrected chi connectivity index (χ3v) is 1.88. The first kappa shape index (κ1) is 11.6. The van der Waals surface area contributed by atoms with Gasteiger partial charge in [0.2, 0.25) is 0 Å². The van der Waals surface area contributed by atoms with Crippen molar-refractivity contribution in [1.29, 1.82) is 0 Å². The SMILES string of the molecule is C=CCCCOCC#Cc1ccccc1. The first-order valence-corrected chi connectivity index (χ1v) is 5.16. The van der Waals surface area contributed by atoms with Crippen LogP contribution >= 0.6 is 0 Å². The number of hydrogen-bond acceptors (Lipinski definition) is 1. The Hall–Kier alpha value is -1.52. The van der Waals surface area contributed by atoms with E-state index in [9.17, 15) is 0 Å². The molecule has 0 aliphatic carbocycles. The summed E-state index contributed by atoms with van der Waals surface area (Å²) in [5.41, 5.74) is 1.03. The molecule has 0 heterocycles. The number of unbranched alkanes of at least 4 members (excludes halogenated alkanes) is 1. The molecule has 0 N–H and O–H groups in total. The molecule has 0 spiro atoms. The summed E-state index contributed by atoms with van der Waals surface area (Å²) in [5.74, 6) is 6.02. The lowest BCUT2D eigenvalue weighted by Crippen LogP contribution is -1.93. The van der Waals surface area contributed by atoms with Crippen LogP contribution in [0.3, 0.4) is 0 Å². The number of allylic oxidation sites excluding steroid dienone is 1. The zero-order chi connectivity index (χ0) is 10.8. The van der Waals surface area contributed by atoms with Crippen molar-refractivity contribution < 1.29 is 4.74 Å². The van der Waals surface area contributed by atoms with Gasteiger partial charge in [-0.2, -0.15) is 0 Å². The molecule has 0 radical (unpaired) electrons. The van der Waals surface area contributed by atoms with E-state index < -0.39 is 0 Å². The van der Waals surface area contributed by atoms with Gasteiger partial charge in [0.05, 0.1) is 0 Å². The van der Waals surface area contributed by atoms with Gasteiger partial charge in [-0.15, -0.1) is 6.58 Å². The van der Waals surface area contributed by atoms with Crippen molar-refractivity contribution in [2.75, 3.05) is 13.2 Å². The molecule has 1 aromatic rings. The Kier molecular flexibility index (Phi) is 6.04. The van der Waals surface area contributed by atoms with Gasteiger partial charge in [0.25, 0.3) is 0 Å². The smallest absolute Gasteiger partial charge is 0.108 e. The van der Waals surface area contributed by atoms with E-state index >= 15 is 0 Å². The lowest BCUT2D eigenvalue weighted by molar-refractivity contribution is 0.165. The van der Waals surface area contributed by atoms with Crippen LogP contribution in [0.5, 0.6) is 0 Å². The summed E-state index contributed by atoms with van der Waals surface area (Å²) in [5, 5.41) is 0. The fourth-order valence-electron chi connectivity index (χ4n) is 1.11. The molecule has 1 rings (SSSR count). The Morgan fingerprint density at radius 1 is 1.27 bits per heavy atom. The quantitative estimate of drug-likeness (QED) is 0.403. The lowest BCUT2D eigenvalue weighted by Gasteiger charge is -1.96. The van der Waals surface area contributed by atoms with Gasteiger partial charge in [-0.05, 0) is 25.0 Å². The lowest BCUT2D eigenvalue weighted by atomic mass is 10.2. The van der Waals surface area contributed by atoms with E-state index in [2.05, 4.69) is 18.4 Å². The Morgan fingerprint density at radius 2 is 2.07 bits per heavy atom. The van der Waals surface area contributed by atoms with Crippen molar-refractivity contribution in [2.24, 2.45) is 0 Å². The second-order valence-electron chi connectivity index (χ2n) is 3.15. The molecular weight excluding hydrogens is 184 g/mol. The van der Waals surface area contributed by atoms with Crippen LogP contribution in [0, 0.1) is 11.8 Å². The molecule has 1 nitrogen and oxygen atoms in total. The van der Waals surface area contributed by atoms with Gasteiger partial charge in [-0.25, -0.2) is 0 Å². The van der Waals surface area contributed by atoms with Crippen LogP contribution in [0.1, 0.15) is 18.4 Å². The van der Waals surface area contributed by atoms with Gasteiger partial charge in [-0.3, -0.25) is 0 Å². The van der Waals surface area contributed by atoms with Crippen LogP contribution in [0.15, 0.2) is 43.0 Å². The topological polar surface area (TPSA) is 9.23 Å². The van der Waals surface area contributed by atoms with E-state index in [0.29, 0.717) is 6.61 Å². The van der Waals surface area contributed by atoms with Crippen molar-refractivity contribution in [3.8, 4) is 11.8 Å². The minimum atomic E-state index is 0.506. The van der Waals surface area contributed by atoms with Gasteiger partial charge in [0.15, 0.2) is 0 Å². The zero-order valence-corrected chi connectivity index (χ0v) is 8.91. The molecule has 0 atom stereocenters. The van der Waals surface area contributed by atoms with Crippen molar-refractivity contribution in [3.05, 3.63) is 48.6 Å². The second kappa shape index (κ2) is 7.84. The molecular formula is C14H16O. The summed E-state index contributed by atoms with van der Waals surface area (Å²) in [6, 6.07) is 9.93. The standard InChI is InChI=1S/C14H16O/c1-2-3-7-12-15-13-8-11-14-9-5-4-6-10-14/h2,4-6,9-10H,1,3,7,12-13H2. The monoisotopic (exact) mass is 200 g/mol. The molecule has 1 aromatic carbocycles. The summed E-state index contributed by atoms with van der Waals surface area (Å²) >= 11 is 0. The molecule has 15 heavy (non-hydrogen) atoms. The van der Waals surface area contributed by atoms with Crippen LogP contribution in [0.4, 0.5) is 0 Å². The Balaban J connectivity index is 2.15. The average molecular weight is 200 g/mol. The highest BCUT2D eigenvalue weighted by Crippen LogP contribution is 1.94. The predicted molar refractivity (Wildman–Crippen MR) is 63.6 cm³/mol. The Morgan fingerprint density at radius 3 is 2.80 bits per heavy atom.